The lowest BCUT2D eigenvalue weighted by atomic mass is 10.1. The van der Waals surface area contributed by atoms with Crippen molar-refractivity contribution in [3.8, 4) is 12.3 Å². The molecule has 1 aromatic carbocycles. The van der Waals surface area contributed by atoms with Gasteiger partial charge in [-0.3, -0.25) is 4.79 Å². The number of terminal acetylenes is 1. The number of benzene rings is 1. The second-order valence-electron chi connectivity index (χ2n) is 4.17. The maximum atomic E-state index is 13.4. The van der Waals surface area contributed by atoms with Gasteiger partial charge in [0.15, 0.2) is 23.8 Å². The summed E-state index contributed by atoms with van der Waals surface area (Å²) in [4.78, 5) is 28.1. The van der Waals surface area contributed by atoms with Crippen LogP contribution in [0.25, 0.3) is 0 Å². The number of carbonyl (C=O) groups is 2. The van der Waals surface area contributed by atoms with Gasteiger partial charge in [0.05, 0.1) is 12.2 Å². The number of amides is 1. The van der Waals surface area contributed by atoms with E-state index >= 15 is 0 Å². The van der Waals surface area contributed by atoms with E-state index in [-0.39, 0.29) is 6.54 Å². The minimum Gasteiger partial charge on any atom is -0.374 e. The second kappa shape index (κ2) is 5.87. The summed E-state index contributed by atoms with van der Waals surface area (Å²) in [5.41, 5.74) is -0.449. The smallest absolute Gasteiger partial charge is 0.341 e. The fraction of sp³-hybridized carbons (Fsp3) is 0.231. The van der Waals surface area contributed by atoms with Crippen molar-refractivity contribution >= 4 is 17.6 Å². The van der Waals surface area contributed by atoms with Gasteiger partial charge < -0.3 is 15.3 Å². The summed E-state index contributed by atoms with van der Waals surface area (Å²) < 4.78 is 26.5. The summed E-state index contributed by atoms with van der Waals surface area (Å²) in [6, 6.07) is 3.17. The monoisotopic (exact) mass is 296 g/mol. The van der Waals surface area contributed by atoms with Crippen LogP contribution in [0.15, 0.2) is 18.2 Å². The fourth-order valence-corrected chi connectivity index (χ4v) is 1.78. The molecule has 1 aliphatic rings. The molecule has 0 radical (unpaired) electrons. The van der Waals surface area contributed by atoms with Gasteiger partial charge in [0.2, 0.25) is 5.91 Å². The number of nitrogens with zero attached hydrogens (tertiary/aromatic N) is 1. The highest BCUT2D eigenvalue weighted by Crippen LogP contribution is 2.23. The van der Waals surface area contributed by atoms with Crippen molar-refractivity contribution in [2.75, 3.05) is 11.9 Å². The standard InChI is InChI=1S/C13H10F2N2O4/c1-2-6-17-12(19)9(13(20)21-17)11(18)16-8-5-3-4-7(14)10(8)15/h1,3-5,9,12,19H,6H2,(H,16,18). The summed E-state index contributed by atoms with van der Waals surface area (Å²) >= 11 is 0. The molecular formula is C13H10F2N2O4. The fourth-order valence-electron chi connectivity index (χ4n) is 1.78. The van der Waals surface area contributed by atoms with Crippen molar-refractivity contribution in [1.29, 1.82) is 0 Å². The zero-order valence-electron chi connectivity index (χ0n) is 10.5. The van der Waals surface area contributed by atoms with Gasteiger partial charge in [-0.2, -0.15) is 0 Å². The Labute approximate surface area is 118 Å². The minimum absolute atomic E-state index is 0.217. The van der Waals surface area contributed by atoms with Crippen LogP contribution < -0.4 is 5.32 Å². The SMILES string of the molecule is C#CCN1OC(=O)C(C(=O)Nc2cccc(F)c2F)C1O. The zero-order valence-corrected chi connectivity index (χ0v) is 10.5. The van der Waals surface area contributed by atoms with Crippen LogP contribution in [0.3, 0.4) is 0 Å². The van der Waals surface area contributed by atoms with Gasteiger partial charge in [0, 0.05) is 0 Å². The molecule has 8 heteroatoms. The molecule has 0 bridgehead atoms. The quantitative estimate of drug-likeness (QED) is 0.617. The summed E-state index contributed by atoms with van der Waals surface area (Å²) in [6.45, 7) is -0.217. The summed E-state index contributed by atoms with van der Waals surface area (Å²) in [5, 5.41) is 12.5. The average Bonchev–Trinajstić information content (AvgIpc) is 2.70. The van der Waals surface area contributed by atoms with E-state index < -0.39 is 41.3 Å². The number of hydroxylamine groups is 2. The van der Waals surface area contributed by atoms with Gasteiger partial charge in [0.25, 0.3) is 0 Å². The molecule has 1 saturated heterocycles. The zero-order chi connectivity index (χ0) is 15.6. The highest BCUT2D eigenvalue weighted by Gasteiger charge is 2.47. The first kappa shape index (κ1) is 14.9. The third-order valence-electron chi connectivity index (χ3n) is 2.79. The van der Waals surface area contributed by atoms with Crippen LogP contribution in [-0.4, -0.2) is 34.8 Å². The van der Waals surface area contributed by atoms with E-state index in [1.165, 1.54) is 6.07 Å². The molecule has 2 unspecified atom stereocenters. The Morgan fingerprint density at radius 1 is 1.52 bits per heavy atom. The maximum Gasteiger partial charge on any atom is 0.341 e. The van der Waals surface area contributed by atoms with E-state index in [9.17, 15) is 23.5 Å². The Bertz CT molecular complexity index is 629. The number of carbonyl (C=O) groups excluding carboxylic acids is 2. The molecule has 0 saturated carbocycles. The molecule has 6 nitrogen and oxygen atoms in total. The molecule has 1 amide bonds. The lowest BCUT2D eigenvalue weighted by Gasteiger charge is -2.15. The van der Waals surface area contributed by atoms with Crippen LogP contribution in [0.5, 0.6) is 0 Å². The van der Waals surface area contributed by atoms with E-state index in [0.717, 1.165) is 17.2 Å². The topological polar surface area (TPSA) is 78.9 Å². The Morgan fingerprint density at radius 2 is 2.24 bits per heavy atom. The number of aliphatic hydroxyl groups excluding tert-OH is 1. The van der Waals surface area contributed by atoms with Crippen molar-refractivity contribution in [3.05, 3.63) is 29.8 Å². The molecule has 110 valence electrons. The van der Waals surface area contributed by atoms with Gasteiger partial charge >= 0.3 is 5.97 Å². The highest BCUT2D eigenvalue weighted by molar-refractivity contribution is 6.05. The van der Waals surface area contributed by atoms with E-state index in [0.29, 0.717) is 0 Å². The van der Waals surface area contributed by atoms with Crippen LogP contribution in [-0.2, 0) is 14.4 Å². The van der Waals surface area contributed by atoms with E-state index in [1.807, 2.05) is 5.32 Å². The number of hydrogen-bond acceptors (Lipinski definition) is 5. The number of aliphatic hydroxyl groups is 1. The molecule has 21 heavy (non-hydrogen) atoms. The molecule has 0 aliphatic carbocycles. The molecule has 2 rings (SSSR count). The van der Waals surface area contributed by atoms with Crippen molar-refractivity contribution < 1.29 is 28.3 Å². The van der Waals surface area contributed by atoms with Crippen molar-refractivity contribution in [2.45, 2.75) is 6.23 Å². The van der Waals surface area contributed by atoms with Gasteiger partial charge in [-0.05, 0) is 12.1 Å². The van der Waals surface area contributed by atoms with Crippen molar-refractivity contribution in [1.82, 2.24) is 5.06 Å². The summed E-state index contributed by atoms with van der Waals surface area (Å²) in [6.07, 6.45) is 3.41. The third-order valence-corrected chi connectivity index (χ3v) is 2.79. The van der Waals surface area contributed by atoms with Gasteiger partial charge in [-0.15, -0.1) is 6.42 Å². The molecular weight excluding hydrogens is 286 g/mol. The summed E-state index contributed by atoms with van der Waals surface area (Å²) in [5.74, 6) is -3.97. The lowest BCUT2D eigenvalue weighted by Crippen LogP contribution is -2.38. The van der Waals surface area contributed by atoms with Crippen molar-refractivity contribution in [3.63, 3.8) is 0 Å². The predicted octanol–water partition coefficient (Wildman–Crippen LogP) is 0.245. The van der Waals surface area contributed by atoms with E-state index in [2.05, 4.69) is 10.8 Å². The van der Waals surface area contributed by atoms with Crippen molar-refractivity contribution in [2.24, 2.45) is 5.92 Å². The molecule has 1 heterocycles. The minimum atomic E-state index is -1.61. The van der Waals surface area contributed by atoms with Gasteiger partial charge in [-0.25, -0.2) is 13.6 Å². The average molecular weight is 296 g/mol. The molecule has 0 spiro atoms. The first-order valence-electron chi connectivity index (χ1n) is 5.80. The Hall–Kier alpha value is -2.50. The Morgan fingerprint density at radius 3 is 2.90 bits per heavy atom. The van der Waals surface area contributed by atoms with Crippen LogP contribution in [0.4, 0.5) is 14.5 Å². The van der Waals surface area contributed by atoms with E-state index in [4.69, 9.17) is 6.42 Å². The molecule has 2 N–H and O–H groups in total. The molecule has 1 aromatic rings. The number of hydrogen-bond donors (Lipinski definition) is 2. The maximum absolute atomic E-state index is 13.4. The molecule has 1 fully saturated rings. The lowest BCUT2D eigenvalue weighted by molar-refractivity contribution is -0.188. The highest BCUT2D eigenvalue weighted by atomic mass is 19.2. The largest absolute Gasteiger partial charge is 0.374 e. The van der Waals surface area contributed by atoms with Gasteiger partial charge in [0.1, 0.15) is 0 Å². The molecule has 1 aliphatic heterocycles. The number of anilines is 1. The normalized spacial score (nSPS) is 21.7. The number of halogens is 2. The predicted molar refractivity (Wildman–Crippen MR) is 66.1 cm³/mol. The molecule has 0 aromatic heterocycles. The molecule has 2 atom stereocenters. The Kier molecular flexibility index (Phi) is 4.16. The first-order chi connectivity index (χ1) is 9.95. The number of nitrogens with one attached hydrogen (secondary N) is 1. The van der Waals surface area contributed by atoms with Crippen LogP contribution in [0.2, 0.25) is 0 Å². The van der Waals surface area contributed by atoms with Crippen LogP contribution in [0.1, 0.15) is 0 Å². The number of rotatable bonds is 3. The first-order valence-corrected chi connectivity index (χ1v) is 5.80. The van der Waals surface area contributed by atoms with Crippen LogP contribution >= 0.6 is 0 Å². The van der Waals surface area contributed by atoms with Crippen LogP contribution in [0, 0.1) is 29.9 Å². The second-order valence-corrected chi connectivity index (χ2v) is 4.17. The Balaban J connectivity index is 2.15. The third kappa shape index (κ3) is 2.84. The van der Waals surface area contributed by atoms with E-state index in [1.54, 1.807) is 0 Å². The summed E-state index contributed by atoms with van der Waals surface area (Å²) in [7, 11) is 0. The van der Waals surface area contributed by atoms with Gasteiger partial charge in [-0.1, -0.05) is 17.1 Å².